The van der Waals surface area contributed by atoms with Gasteiger partial charge in [0, 0.05) is 25.7 Å². The Morgan fingerprint density at radius 2 is 1.74 bits per heavy atom. The molecule has 0 radical (unpaired) electrons. The number of aliphatic imine (C=N–C) groups is 1. The molecule has 5 nitrogen and oxygen atoms in total. The number of aryl methyl sites for hydroxylation is 2. The molecule has 2 aliphatic rings. The first-order valence-electron chi connectivity index (χ1n) is 12.5. The van der Waals surface area contributed by atoms with E-state index in [1.54, 1.807) is 0 Å². The van der Waals surface area contributed by atoms with Crippen molar-refractivity contribution in [2.45, 2.75) is 46.1 Å². The summed E-state index contributed by atoms with van der Waals surface area (Å²) < 4.78 is 6.33. The van der Waals surface area contributed by atoms with Crippen LogP contribution in [0.1, 0.15) is 48.4 Å². The first-order chi connectivity index (χ1) is 16.9. The average molecular weight is 468 g/mol. The molecule has 0 saturated carbocycles. The van der Waals surface area contributed by atoms with E-state index in [2.05, 4.69) is 67.8 Å². The first-order valence-corrected chi connectivity index (χ1v) is 12.5. The standard InChI is InChI=1S/C30H33N3O2/c1-5-24(23-9-7-6-8-10-23)30(34)33-16-15-32(19-22(33)4)29-25-17-20(2)12-14-27(25)35-28-18-21(3)11-13-26(28)31-29/h6-14,17-18,22,24H,5,15-16,19H2,1-4H3. The molecule has 0 aromatic heterocycles. The molecule has 0 spiro atoms. The van der Waals surface area contributed by atoms with Crippen LogP contribution >= 0.6 is 0 Å². The molecule has 1 saturated heterocycles. The maximum absolute atomic E-state index is 13.6. The monoisotopic (exact) mass is 467 g/mol. The second-order valence-electron chi connectivity index (χ2n) is 9.71. The van der Waals surface area contributed by atoms with Crippen LogP contribution in [-0.2, 0) is 4.79 Å². The molecule has 5 rings (SSSR count). The average Bonchev–Trinajstić information content (AvgIpc) is 3.01. The fourth-order valence-corrected chi connectivity index (χ4v) is 5.15. The molecule has 0 N–H and O–H groups in total. The molecular weight excluding hydrogens is 434 g/mol. The van der Waals surface area contributed by atoms with E-state index in [1.807, 2.05) is 36.4 Å². The van der Waals surface area contributed by atoms with E-state index in [-0.39, 0.29) is 17.9 Å². The molecule has 35 heavy (non-hydrogen) atoms. The molecule has 2 aliphatic heterocycles. The minimum Gasteiger partial charge on any atom is -0.454 e. The van der Waals surface area contributed by atoms with Crippen molar-refractivity contribution in [3.63, 3.8) is 0 Å². The third kappa shape index (κ3) is 4.55. The number of nitrogens with zero attached hydrogens (tertiary/aromatic N) is 3. The van der Waals surface area contributed by atoms with E-state index in [9.17, 15) is 4.79 Å². The normalized spacial score (nSPS) is 18.1. The number of hydrogen-bond acceptors (Lipinski definition) is 4. The molecule has 2 atom stereocenters. The van der Waals surface area contributed by atoms with Gasteiger partial charge < -0.3 is 14.5 Å². The molecule has 3 aromatic carbocycles. The van der Waals surface area contributed by atoms with E-state index >= 15 is 0 Å². The zero-order chi connectivity index (χ0) is 24.5. The predicted octanol–water partition coefficient (Wildman–Crippen LogP) is 6.21. The Kier molecular flexibility index (Phi) is 6.33. The van der Waals surface area contributed by atoms with Gasteiger partial charge in [-0.1, -0.05) is 55.0 Å². The van der Waals surface area contributed by atoms with Gasteiger partial charge in [0.05, 0.1) is 11.5 Å². The molecule has 0 bridgehead atoms. The van der Waals surface area contributed by atoms with Crippen LogP contribution in [0.3, 0.4) is 0 Å². The van der Waals surface area contributed by atoms with Gasteiger partial charge >= 0.3 is 0 Å². The number of rotatable bonds is 3. The van der Waals surface area contributed by atoms with Crippen molar-refractivity contribution in [1.29, 1.82) is 0 Å². The zero-order valence-electron chi connectivity index (χ0n) is 21.0. The quantitative estimate of drug-likeness (QED) is 0.460. The largest absolute Gasteiger partial charge is 0.454 e. The SMILES string of the molecule is CCC(C(=O)N1CCN(C2=Nc3ccc(C)cc3Oc3ccc(C)cc32)CC1C)c1ccccc1. The maximum Gasteiger partial charge on any atom is 0.230 e. The summed E-state index contributed by atoms with van der Waals surface area (Å²) in [4.78, 5) is 23.0. The fraction of sp³-hybridized carbons (Fsp3) is 0.333. The number of piperazine rings is 1. The Morgan fingerprint density at radius 3 is 2.49 bits per heavy atom. The van der Waals surface area contributed by atoms with Gasteiger partial charge in [0.15, 0.2) is 5.75 Å². The van der Waals surface area contributed by atoms with Gasteiger partial charge in [0.1, 0.15) is 17.3 Å². The summed E-state index contributed by atoms with van der Waals surface area (Å²) in [6.45, 7) is 10.5. The van der Waals surface area contributed by atoms with Crippen LogP contribution < -0.4 is 4.74 Å². The molecule has 2 unspecified atom stereocenters. The number of carbonyl (C=O) groups is 1. The van der Waals surface area contributed by atoms with Gasteiger partial charge in [-0.15, -0.1) is 0 Å². The second kappa shape index (κ2) is 9.57. The lowest BCUT2D eigenvalue weighted by Gasteiger charge is -2.42. The lowest BCUT2D eigenvalue weighted by Crippen LogP contribution is -2.56. The highest BCUT2D eigenvalue weighted by atomic mass is 16.5. The van der Waals surface area contributed by atoms with E-state index in [0.717, 1.165) is 64.8 Å². The van der Waals surface area contributed by atoms with Crippen LogP contribution in [0.5, 0.6) is 11.5 Å². The molecule has 180 valence electrons. The third-order valence-corrected chi connectivity index (χ3v) is 7.06. The van der Waals surface area contributed by atoms with Crippen molar-refractivity contribution >= 4 is 17.4 Å². The van der Waals surface area contributed by atoms with Crippen molar-refractivity contribution in [3.05, 3.63) is 89.0 Å². The first kappa shape index (κ1) is 23.2. The Labute approximate surface area is 208 Å². The van der Waals surface area contributed by atoms with E-state index in [1.165, 1.54) is 0 Å². The molecule has 1 fully saturated rings. The third-order valence-electron chi connectivity index (χ3n) is 7.06. The number of amidine groups is 1. The minimum absolute atomic E-state index is 0.0756. The van der Waals surface area contributed by atoms with Crippen molar-refractivity contribution < 1.29 is 9.53 Å². The molecule has 5 heteroatoms. The Bertz CT molecular complexity index is 1270. The highest BCUT2D eigenvalue weighted by Crippen LogP contribution is 2.39. The second-order valence-corrected chi connectivity index (χ2v) is 9.71. The summed E-state index contributed by atoms with van der Waals surface area (Å²) in [7, 11) is 0. The summed E-state index contributed by atoms with van der Waals surface area (Å²) in [6, 6.07) is 22.6. The van der Waals surface area contributed by atoms with Gasteiger partial charge in [-0.25, -0.2) is 4.99 Å². The summed E-state index contributed by atoms with van der Waals surface area (Å²) in [5.74, 6) is 2.63. The number of benzene rings is 3. The van der Waals surface area contributed by atoms with Crippen molar-refractivity contribution in [3.8, 4) is 11.5 Å². The van der Waals surface area contributed by atoms with Crippen molar-refractivity contribution in [2.75, 3.05) is 19.6 Å². The van der Waals surface area contributed by atoms with E-state index in [4.69, 9.17) is 9.73 Å². The predicted molar refractivity (Wildman–Crippen MR) is 141 cm³/mol. The van der Waals surface area contributed by atoms with Gasteiger partial charge in [-0.3, -0.25) is 4.79 Å². The molecule has 2 heterocycles. The van der Waals surface area contributed by atoms with Gasteiger partial charge in [-0.2, -0.15) is 0 Å². The topological polar surface area (TPSA) is 45.1 Å². The number of hydrogen-bond donors (Lipinski definition) is 0. The number of ether oxygens (including phenoxy) is 1. The molecular formula is C30H33N3O2. The lowest BCUT2D eigenvalue weighted by molar-refractivity contribution is -0.136. The highest BCUT2D eigenvalue weighted by molar-refractivity contribution is 6.04. The Hall–Kier alpha value is -3.60. The Morgan fingerprint density at radius 1 is 1.00 bits per heavy atom. The zero-order valence-corrected chi connectivity index (χ0v) is 21.0. The summed E-state index contributed by atoms with van der Waals surface area (Å²) >= 11 is 0. The fourth-order valence-electron chi connectivity index (χ4n) is 5.15. The Balaban J connectivity index is 1.44. The van der Waals surface area contributed by atoms with Crippen LogP contribution in [0, 0.1) is 13.8 Å². The van der Waals surface area contributed by atoms with Crippen LogP contribution in [0.2, 0.25) is 0 Å². The van der Waals surface area contributed by atoms with Crippen molar-refractivity contribution in [1.82, 2.24) is 9.80 Å². The summed E-state index contributed by atoms with van der Waals surface area (Å²) in [5, 5.41) is 0. The minimum atomic E-state index is -0.104. The van der Waals surface area contributed by atoms with Crippen molar-refractivity contribution in [2.24, 2.45) is 4.99 Å². The number of fused-ring (bicyclic) bond motifs is 2. The smallest absolute Gasteiger partial charge is 0.230 e. The van der Waals surface area contributed by atoms with Crippen LogP contribution in [0.15, 0.2) is 71.7 Å². The van der Waals surface area contributed by atoms with Crippen LogP contribution in [0.25, 0.3) is 0 Å². The molecule has 1 amide bonds. The van der Waals surface area contributed by atoms with E-state index < -0.39 is 0 Å². The number of amides is 1. The summed E-state index contributed by atoms with van der Waals surface area (Å²) in [6.07, 6.45) is 0.794. The number of carbonyl (C=O) groups excluding carboxylic acids is 1. The van der Waals surface area contributed by atoms with Gasteiger partial charge in [-0.05, 0) is 62.6 Å². The van der Waals surface area contributed by atoms with Gasteiger partial charge in [0.2, 0.25) is 5.91 Å². The highest BCUT2D eigenvalue weighted by Gasteiger charge is 2.34. The maximum atomic E-state index is 13.6. The summed E-state index contributed by atoms with van der Waals surface area (Å²) in [5.41, 5.74) is 5.23. The van der Waals surface area contributed by atoms with Crippen LogP contribution in [-0.4, -0.2) is 47.2 Å². The van der Waals surface area contributed by atoms with Crippen LogP contribution in [0.4, 0.5) is 5.69 Å². The van der Waals surface area contributed by atoms with Gasteiger partial charge in [0.25, 0.3) is 0 Å². The van der Waals surface area contributed by atoms with E-state index in [0.29, 0.717) is 6.54 Å². The lowest BCUT2D eigenvalue weighted by atomic mass is 9.94. The molecule has 3 aromatic rings. The molecule has 0 aliphatic carbocycles.